The Morgan fingerprint density at radius 3 is 2.32 bits per heavy atom. The molecule has 0 aliphatic rings. The third-order valence-corrected chi connectivity index (χ3v) is 1.88. The molecule has 108 valence electrons. The second-order valence-electron chi connectivity index (χ2n) is 3.48. The molecule has 0 spiro atoms. The van der Waals surface area contributed by atoms with Gasteiger partial charge in [0.25, 0.3) is 0 Å². The number of carbonyl (C=O) groups excluding carboxylic acids is 1. The lowest BCUT2D eigenvalue weighted by Crippen LogP contribution is -2.27. The van der Waals surface area contributed by atoms with Crippen molar-refractivity contribution in [1.82, 2.24) is 5.43 Å². The standard InChI is InChI=1S/C10H15N3O.H2O4S/c1-3-8-6-9(11)4-5-10(8)13-12-7(2)14;1-5(2,3)4/h4-6,13H,3,11H2,1-2H3,(H,12,14);(H2,1,2,3,4)/p-2. The van der Waals surface area contributed by atoms with Crippen LogP contribution in [0.15, 0.2) is 18.2 Å². The van der Waals surface area contributed by atoms with Gasteiger partial charge in [0.05, 0.1) is 5.69 Å². The van der Waals surface area contributed by atoms with Gasteiger partial charge in [-0.3, -0.25) is 24.1 Å². The van der Waals surface area contributed by atoms with E-state index in [-0.39, 0.29) is 5.91 Å². The van der Waals surface area contributed by atoms with Crippen molar-refractivity contribution in [3.8, 4) is 0 Å². The number of hydrogen-bond donors (Lipinski definition) is 3. The fourth-order valence-corrected chi connectivity index (χ4v) is 1.18. The van der Waals surface area contributed by atoms with E-state index in [0.29, 0.717) is 0 Å². The maximum atomic E-state index is 10.7. The Bertz CT molecular complexity index is 522. The quantitative estimate of drug-likeness (QED) is 0.306. The van der Waals surface area contributed by atoms with Crippen molar-refractivity contribution in [2.75, 3.05) is 11.2 Å². The van der Waals surface area contributed by atoms with E-state index >= 15 is 0 Å². The van der Waals surface area contributed by atoms with E-state index in [9.17, 15) is 4.79 Å². The highest BCUT2D eigenvalue weighted by Crippen LogP contribution is 2.18. The normalized spacial score (nSPS) is 10.1. The number of nitrogens with one attached hydrogen (secondary N) is 2. The van der Waals surface area contributed by atoms with Gasteiger partial charge in [-0.25, -0.2) is 0 Å². The molecule has 0 saturated heterocycles. The molecule has 8 nitrogen and oxygen atoms in total. The molecule has 0 radical (unpaired) electrons. The zero-order valence-electron chi connectivity index (χ0n) is 10.5. The van der Waals surface area contributed by atoms with E-state index in [2.05, 4.69) is 10.9 Å². The van der Waals surface area contributed by atoms with Crippen LogP contribution in [-0.2, 0) is 21.6 Å². The minimum Gasteiger partial charge on any atom is -0.759 e. The van der Waals surface area contributed by atoms with E-state index in [1.54, 1.807) is 6.07 Å². The van der Waals surface area contributed by atoms with Gasteiger partial charge in [-0.15, -0.1) is 0 Å². The summed E-state index contributed by atoms with van der Waals surface area (Å²) in [6, 6.07) is 5.54. The smallest absolute Gasteiger partial charge is 0.235 e. The first-order chi connectivity index (χ1) is 8.63. The van der Waals surface area contributed by atoms with E-state index in [0.717, 1.165) is 23.4 Å². The van der Waals surface area contributed by atoms with Crippen molar-refractivity contribution in [3.63, 3.8) is 0 Å². The molecule has 0 unspecified atom stereocenters. The van der Waals surface area contributed by atoms with E-state index < -0.39 is 10.4 Å². The van der Waals surface area contributed by atoms with Crippen LogP contribution in [0, 0.1) is 0 Å². The summed E-state index contributed by atoms with van der Waals surface area (Å²) in [5, 5.41) is 0. The molecule has 0 aliphatic heterocycles. The van der Waals surface area contributed by atoms with Crippen LogP contribution in [0.2, 0.25) is 0 Å². The van der Waals surface area contributed by atoms with Crippen LogP contribution in [-0.4, -0.2) is 23.4 Å². The van der Waals surface area contributed by atoms with Crippen LogP contribution in [0.4, 0.5) is 11.4 Å². The zero-order chi connectivity index (χ0) is 15.1. The van der Waals surface area contributed by atoms with Gasteiger partial charge in [0.2, 0.25) is 5.91 Å². The van der Waals surface area contributed by atoms with Gasteiger partial charge in [0.1, 0.15) is 0 Å². The molecule has 0 aromatic heterocycles. The van der Waals surface area contributed by atoms with Crippen molar-refractivity contribution < 1.29 is 22.3 Å². The third-order valence-electron chi connectivity index (χ3n) is 1.88. The van der Waals surface area contributed by atoms with E-state index in [1.807, 2.05) is 19.1 Å². The summed E-state index contributed by atoms with van der Waals surface area (Å²) in [5.74, 6) is -0.121. The molecule has 1 aromatic carbocycles. The lowest BCUT2D eigenvalue weighted by atomic mass is 10.1. The fourth-order valence-electron chi connectivity index (χ4n) is 1.18. The minimum atomic E-state index is -5.17. The predicted octanol–water partition coefficient (Wildman–Crippen LogP) is -0.0438. The average molecular weight is 289 g/mol. The summed E-state index contributed by atoms with van der Waals surface area (Å²) in [5.41, 5.74) is 13.7. The molecule has 0 atom stereocenters. The average Bonchev–Trinajstić information content (AvgIpc) is 2.24. The van der Waals surface area contributed by atoms with Gasteiger partial charge in [-0.1, -0.05) is 6.92 Å². The van der Waals surface area contributed by atoms with Gasteiger partial charge in [-0.05, 0) is 30.2 Å². The minimum absolute atomic E-state index is 0.121. The molecule has 19 heavy (non-hydrogen) atoms. The van der Waals surface area contributed by atoms with E-state index in [4.69, 9.17) is 23.3 Å². The fraction of sp³-hybridized carbons (Fsp3) is 0.300. The topological polar surface area (TPSA) is 147 Å². The highest BCUT2D eigenvalue weighted by molar-refractivity contribution is 7.79. The largest absolute Gasteiger partial charge is 0.759 e. The second kappa shape index (κ2) is 7.56. The molecule has 1 amide bonds. The van der Waals surface area contributed by atoms with Crippen LogP contribution < -0.4 is 16.6 Å². The Balaban J connectivity index is 0.000000555. The molecular weight excluding hydrogens is 274 g/mol. The van der Waals surface area contributed by atoms with Gasteiger partial charge >= 0.3 is 0 Å². The van der Waals surface area contributed by atoms with Gasteiger partial charge in [-0.2, -0.15) is 0 Å². The van der Waals surface area contributed by atoms with Crippen molar-refractivity contribution in [1.29, 1.82) is 0 Å². The molecule has 9 heteroatoms. The summed E-state index contributed by atoms with van der Waals surface area (Å²) in [4.78, 5) is 10.7. The summed E-state index contributed by atoms with van der Waals surface area (Å²) < 4.78 is 34.1. The highest BCUT2D eigenvalue weighted by Gasteiger charge is 2.00. The summed E-state index contributed by atoms with van der Waals surface area (Å²) in [6.45, 7) is 3.49. The maximum absolute atomic E-state index is 10.7. The number of nitrogen functional groups attached to an aromatic ring is 1. The van der Waals surface area contributed by atoms with Crippen LogP contribution in [0.25, 0.3) is 0 Å². The Hall–Kier alpha value is -1.84. The number of aryl methyl sites for hydroxylation is 1. The third kappa shape index (κ3) is 9.83. The predicted molar refractivity (Wildman–Crippen MR) is 68.1 cm³/mol. The van der Waals surface area contributed by atoms with Crippen LogP contribution in [0.1, 0.15) is 19.4 Å². The SMILES string of the molecule is CCc1cc(N)ccc1NNC(C)=O.O=S(=O)([O-])[O-]. The van der Waals surface area contributed by atoms with Crippen LogP contribution >= 0.6 is 0 Å². The Morgan fingerprint density at radius 2 is 1.89 bits per heavy atom. The number of hydrazine groups is 1. The number of carbonyl (C=O) groups is 1. The zero-order valence-corrected chi connectivity index (χ0v) is 11.3. The molecule has 0 saturated carbocycles. The number of hydrogen-bond acceptors (Lipinski definition) is 7. The Kier molecular flexibility index (Phi) is 6.83. The summed E-state index contributed by atoms with van der Waals surface area (Å²) in [6.07, 6.45) is 0.868. The number of anilines is 2. The van der Waals surface area contributed by atoms with Crippen LogP contribution in [0.3, 0.4) is 0 Å². The van der Waals surface area contributed by atoms with Crippen molar-refractivity contribution >= 4 is 27.7 Å². The summed E-state index contributed by atoms with van der Waals surface area (Å²) in [7, 11) is -5.17. The second-order valence-corrected chi connectivity index (χ2v) is 4.30. The first kappa shape index (κ1) is 17.2. The van der Waals surface area contributed by atoms with E-state index in [1.165, 1.54) is 6.92 Å². The molecule has 0 aliphatic carbocycles. The lowest BCUT2D eigenvalue weighted by Gasteiger charge is -2.11. The van der Waals surface area contributed by atoms with Crippen molar-refractivity contribution in [2.24, 2.45) is 0 Å². The lowest BCUT2D eigenvalue weighted by molar-refractivity contribution is -0.118. The summed E-state index contributed by atoms with van der Waals surface area (Å²) >= 11 is 0. The first-order valence-electron chi connectivity index (χ1n) is 5.21. The van der Waals surface area contributed by atoms with Gasteiger partial charge in [0.15, 0.2) is 0 Å². The Labute approximate surface area is 111 Å². The Morgan fingerprint density at radius 1 is 1.37 bits per heavy atom. The molecule has 0 heterocycles. The molecule has 1 rings (SSSR count). The number of rotatable bonds is 3. The van der Waals surface area contributed by atoms with Crippen molar-refractivity contribution in [2.45, 2.75) is 20.3 Å². The monoisotopic (exact) mass is 289 g/mol. The van der Waals surface area contributed by atoms with Gasteiger partial charge < -0.3 is 14.8 Å². The number of amides is 1. The number of nitrogens with two attached hydrogens (primary N) is 1. The van der Waals surface area contributed by atoms with Gasteiger partial charge in [0, 0.05) is 23.0 Å². The molecule has 0 fully saturated rings. The molecule has 4 N–H and O–H groups in total. The highest BCUT2D eigenvalue weighted by atomic mass is 32.3. The maximum Gasteiger partial charge on any atom is 0.235 e. The number of benzene rings is 1. The van der Waals surface area contributed by atoms with Crippen LogP contribution in [0.5, 0.6) is 0 Å². The molecule has 0 bridgehead atoms. The molecule has 1 aromatic rings. The molecular formula is C10H15N3O5S-2. The first-order valence-corrected chi connectivity index (χ1v) is 6.54. The van der Waals surface area contributed by atoms with Crippen molar-refractivity contribution in [3.05, 3.63) is 23.8 Å².